The maximum absolute atomic E-state index is 11.9. The molecule has 0 atom stereocenters. The summed E-state index contributed by atoms with van der Waals surface area (Å²) in [5.74, 6) is -0.430. The molecule has 0 aliphatic rings. The summed E-state index contributed by atoms with van der Waals surface area (Å²) in [6, 6.07) is 12.1. The van der Waals surface area contributed by atoms with Gasteiger partial charge in [-0.15, -0.1) is 0 Å². The van der Waals surface area contributed by atoms with Crippen molar-refractivity contribution < 1.29 is 9.59 Å². The third kappa shape index (κ3) is 5.58. The lowest BCUT2D eigenvalue weighted by Crippen LogP contribution is -2.27. The molecule has 0 fully saturated rings. The van der Waals surface area contributed by atoms with E-state index in [2.05, 4.69) is 10.6 Å². The topological polar surface area (TPSA) is 58.2 Å². The normalized spacial score (nSPS) is 10.2. The zero-order chi connectivity index (χ0) is 16.8. The molecule has 0 radical (unpaired) electrons. The first-order valence-corrected chi connectivity index (χ1v) is 7.80. The van der Waals surface area contributed by atoms with Crippen molar-refractivity contribution in [3.05, 3.63) is 63.6 Å². The van der Waals surface area contributed by atoms with Crippen LogP contribution in [0.15, 0.2) is 42.5 Å². The maximum atomic E-state index is 11.9. The van der Waals surface area contributed by atoms with Crippen molar-refractivity contribution in [1.82, 2.24) is 5.32 Å². The SMILES string of the molecule is Cc1cccc(C(=O)NCCC(=O)Nc2cc(Cl)cc(Cl)c2)c1. The van der Waals surface area contributed by atoms with Crippen molar-refractivity contribution >= 4 is 40.7 Å². The molecule has 0 unspecified atom stereocenters. The smallest absolute Gasteiger partial charge is 0.251 e. The number of benzene rings is 2. The van der Waals surface area contributed by atoms with Crippen LogP contribution in [0.2, 0.25) is 10.0 Å². The number of rotatable bonds is 5. The molecular weight excluding hydrogens is 335 g/mol. The quantitative estimate of drug-likeness (QED) is 0.854. The lowest BCUT2D eigenvalue weighted by Gasteiger charge is -2.08. The van der Waals surface area contributed by atoms with Crippen LogP contribution in [0.4, 0.5) is 5.69 Å². The summed E-state index contributed by atoms with van der Waals surface area (Å²) < 4.78 is 0. The van der Waals surface area contributed by atoms with Gasteiger partial charge in [0, 0.05) is 34.3 Å². The predicted octanol–water partition coefficient (Wildman–Crippen LogP) is 4.06. The van der Waals surface area contributed by atoms with Crippen LogP contribution < -0.4 is 10.6 Å². The van der Waals surface area contributed by atoms with E-state index in [1.54, 1.807) is 30.3 Å². The van der Waals surface area contributed by atoms with Crippen LogP contribution in [0.25, 0.3) is 0 Å². The molecule has 2 rings (SSSR count). The summed E-state index contributed by atoms with van der Waals surface area (Å²) in [5.41, 5.74) is 2.11. The molecule has 23 heavy (non-hydrogen) atoms. The highest BCUT2D eigenvalue weighted by Gasteiger charge is 2.08. The van der Waals surface area contributed by atoms with Crippen LogP contribution in [0, 0.1) is 6.92 Å². The number of aryl methyl sites for hydroxylation is 1. The summed E-state index contributed by atoms with van der Waals surface area (Å²) in [4.78, 5) is 23.8. The average Bonchev–Trinajstić information content (AvgIpc) is 2.45. The molecule has 0 bridgehead atoms. The molecule has 0 aliphatic carbocycles. The van der Waals surface area contributed by atoms with Crippen LogP contribution in [-0.4, -0.2) is 18.4 Å². The van der Waals surface area contributed by atoms with Crippen LogP contribution in [-0.2, 0) is 4.79 Å². The number of hydrogen-bond acceptors (Lipinski definition) is 2. The first-order chi connectivity index (χ1) is 10.9. The highest BCUT2D eigenvalue weighted by Crippen LogP contribution is 2.22. The molecule has 0 aromatic heterocycles. The Balaban J connectivity index is 1.81. The minimum Gasteiger partial charge on any atom is -0.352 e. The molecule has 6 heteroatoms. The standard InChI is InChI=1S/C17H16Cl2N2O2/c1-11-3-2-4-12(7-11)17(23)20-6-5-16(22)21-15-9-13(18)8-14(19)10-15/h2-4,7-10H,5-6H2,1H3,(H,20,23)(H,21,22). The molecular formula is C17H16Cl2N2O2. The molecule has 0 saturated carbocycles. The van der Waals surface area contributed by atoms with Crippen molar-refractivity contribution in [2.45, 2.75) is 13.3 Å². The van der Waals surface area contributed by atoms with E-state index in [1.807, 2.05) is 19.1 Å². The van der Waals surface area contributed by atoms with E-state index >= 15 is 0 Å². The predicted molar refractivity (Wildman–Crippen MR) is 93.2 cm³/mol. The summed E-state index contributed by atoms with van der Waals surface area (Å²) in [5, 5.41) is 6.29. The van der Waals surface area contributed by atoms with Gasteiger partial charge in [0.2, 0.25) is 5.91 Å². The number of carbonyl (C=O) groups is 2. The highest BCUT2D eigenvalue weighted by atomic mass is 35.5. The summed E-state index contributed by atoms with van der Waals surface area (Å²) in [6.07, 6.45) is 0.154. The second kappa shape index (κ2) is 7.99. The van der Waals surface area contributed by atoms with Crippen molar-refractivity contribution in [2.24, 2.45) is 0 Å². The molecule has 0 aliphatic heterocycles. The van der Waals surface area contributed by atoms with Gasteiger partial charge in [0.15, 0.2) is 0 Å². The Labute approximate surface area is 144 Å². The van der Waals surface area contributed by atoms with Crippen molar-refractivity contribution in [3.8, 4) is 0 Å². The van der Waals surface area contributed by atoms with Gasteiger partial charge in [-0.25, -0.2) is 0 Å². The van der Waals surface area contributed by atoms with Gasteiger partial charge >= 0.3 is 0 Å². The van der Waals surface area contributed by atoms with Gasteiger partial charge in [-0.1, -0.05) is 40.9 Å². The third-order valence-electron chi connectivity index (χ3n) is 3.06. The lowest BCUT2D eigenvalue weighted by atomic mass is 10.1. The van der Waals surface area contributed by atoms with Gasteiger partial charge in [-0.2, -0.15) is 0 Å². The molecule has 2 N–H and O–H groups in total. The van der Waals surface area contributed by atoms with E-state index < -0.39 is 0 Å². The van der Waals surface area contributed by atoms with E-state index in [1.165, 1.54) is 0 Å². The van der Waals surface area contributed by atoms with Crippen molar-refractivity contribution in [3.63, 3.8) is 0 Å². The van der Waals surface area contributed by atoms with Crippen molar-refractivity contribution in [1.29, 1.82) is 0 Å². The Morgan fingerprint density at radius 2 is 1.74 bits per heavy atom. The first kappa shape index (κ1) is 17.3. The van der Waals surface area contributed by atoms with E-state index in [0.717, 1.165) is 5.56 Å². The molecule has 0 spiro atoms. The number of anilines is 1. The monoisotopic (exact) mass is 350 g/mol. The molecule has 4 nitrogen and oxygen atoms in total. The van der Waals surface area contributed by atoms with Gasteiger partial charge in [0.25, 0.3) is 5.91 Å². The zero-order valence-electron chi connectivity index (χ0n) is 12.5. The van der Waals surface area contributed by atoms with Crippen LogP contribution in [0.3, 0.4) is 0 Å². The number of amides is 2. The second-order valence-corrected chi connectivity index (χ2v) is 5.95. The van der Waals surface area contributed by atoms with Crippen LogP contribution in [0.1, 0.15) is 22.3 Å². The van der Waals surface area contributed by atoms with E-state index in [9.17, 15) is 9.59 Å². The van der Waals surface area contributed by atoms with Gasteiger partial charge in [-0.3, -0.25) is 9.59 Å². The van der Waals surface area contributed by atoms with Crippen LogP contribution in [0.5, 0.6) is 0 Å². The maximum Gasteiger partial charge on any atom is 0.251 e. The molecule has 2 aromatic rings. The fraction of sp³-hybridized carbons (Fsp3) is 0.176. The Hall–Kier alpha value is -2.04. The number of hydrogen-bond donors (Lipinski definition) is 2. The number of halogens is 2. The van der Waals surface area contributed by atoms with Gasteiger partial charge in [0.05, 0.1) is 0 Å². The summed E-state index contributed by atoms with van der Waals surface area (Å²) in [7, 11) is 0. The number of carbonyl (C=O) groups excluding carboxylic acids is 2. The van der Waals surface area contributed by atoms with Gasteiger partial charge in [0.1, 0.15) is 0 Å². The zero-order valence-corrected chi connectivity index (χ0v) is 14.0. The molecule has 2 aromatic carbocycles. The highest BCUT2D eigenvalue weighted by molar-refractivity contribution is 6.35. The molecule has 2 amide bonds. The minimum atomic E-state index is -0.229. The van der Waals surface area contributed by atoms with Gasteiger partial charge < -0.3 is 10.6 Å². The molecule has 120 valence electrons. The summed E-state index contributed by atoms with van der Waals surface area (Å²) in [6.45, 7) is 2.16. The Kier molecular flexibility index (Phi) is 6.02. The Morgan fingerprint density at radius 3 is 2.39 bits per heavy atom. The van der Waals surface area contributed by atoms with E-state index in [0.29, 0.717) is 21.3 Å². The minimum absolute atomic E-state index is 0.154. The Bertz CT molecular complexity index is 712. The second-order valence-electron chi connectivity index (χ2n) is 5.08. The fourth-order valence-corrected chi connectivity index (χ4v) is 2.55. The summed E-state index contributed by atoms with van der Waals surface area (Å²) >= 11 is 11.7. The number of nitrogens with one attached hydrogen (secondary N) is 2. The molecule has 0 heterocycles. The van der Waals surface area contributed by atoms with Gasteiger partial charge in [-0.05, 0) is 37.3 Å². The third-order valence-corrected chi connectivity index (χ3v) is 3.50. The van der Waals surface area contributed by atoms with Crippen molar-refractivity contribution in [2.75, 3.05) is 11.9 Å². The molecule has 0 saturated heterocycles. The van der Waals surface area contributed by atoms with E-state index in [4.69, 9.17) is 23.2 Å². The lowest BCUT2D eigenvalue weighted by molar-refractivity contribution is -0.116. The fourth-order valence-electron chi connectivity index (χ4n) is 2.03. The largest absolute Gasteiger partial charge is 0.352 e. The first-order valence-electron chi connectivity index (χ1n) is 7.05. The van der Waals surface area contributed by atoms with E-state index in [-0.39, 0.29) is 24.8 Å². The Morgan fingerprint density at radius 1 is 1.04 bits per heavy atom. The average molecular weight is 351 g/mol. The van der Waals surface area contributed by atoms with Crippen LogP contribution >= 0.6 is 23.2 Å².